The SMILES string of the molecule is CNCCOCCn1c(=O)c2c(nc(Oc3cccc(OC(F)(F)F)c3)n2Cc2ccc(Cl)cc2)n(C)c1=O. The van der Waals surface area contributed by atoms with Crippen molar-refractivity contribution < 1.29 is 27.4 Å². The summed E-state index contributed by atoms with van der Waals surface area (Å²) in [5.41, 5.74) is -0.374. The molecule has 0 amide bonds. The number of rotatable bonds is 11. The first-order valence-corrected chi connectivity index (χ1v) is 12.2. The molecule has 14 heteroatoms. The Morgan fingerprint density at radius 1 is 1.03 bits per heavy atom. The largest absolute Gasteiger partial charge is 0.573 e. The van der Waals surface area contributed by atoms with Crippen LogP contribution in [-0.4, -0.2) is 51.9 Å². The minimum atomic E-state index is -4.89. The molecule has 2 aromatic carbocycles. The van der Waals surface area contributed by atoms with Crippen LogP contribution in [-0.2, 0) is 24.9 Å². The summed E-state index contributed by atoms with van der Waals surface area (Å²) < 4.78 is 57.2. The van der Waals surface area contributed by atoms with Gasteiger partial charge in [-0.05, 0) is 36.9 Å². The summed E-state index contributed by atoms with van der Waals surface area (Å²) in [5.74, 6) is -0.513. The molecule has 0 aliphatic carbocycles. The Morgan fingerprint density at radius 3 is 2.44 bits per heavy atom. The minimum Gasteiger partial charge on any atom is -0.425 e. The molecule has 0 fully saturated rings. The summed E-state index contributed by atoms with van der Waals surface area (Å²) in [6.07, 6.45) is -4.89. The van der Waals surface area contributed by atoms with Crippen molar-refractivity contribution >= 4 is 22.8 Å². The van der Waals surface area contributed by atoms with Gasteiger partial charge in [-0.25, -0.2) is 4.79 Å². The maximum Gasteiger partial charge on any atom is 0.573 e. The first-order chi connectivity index (χ1) is 18.6. The van der Waals surface area contributed by atoms with E-state index in [1.807, 2.05) is 0 Å². The minimum absolute atomic E-state index is 0.00427. The number of aromatic nitrogens is 4. The molecule has 0 saturated carbocycles. The molecule has 0 saturated heterocycles. The second-order valence-corrected chi connectivity index (χ2v) is 8.85. The Morgan fingerprint density at radius 2 is 1.74 bits per heavy atom. The van der Waals surface area contributed by atoms with E-state index in [0.29, 0.717) is 18.2 Å². The number of nitrogens with zero attached hydrogens (tertiary/aromatic N) is 4. The van der Waals surface area contributed by atoms with Crippen molar-refractivity contribution in [3.05, 3.63) is 80.0 Å². The van der Waals surface area contributed by atoms with E-state index in [0.717, 1.165) is 22.3 Å². The van der Waals surface area contributed by atoms with Crippen LogP contribution in [0.15, 0.2) is 58.1 Å². The molecule has 2 heterocycles. The predicted molar refractivity (Wildman–Crippen MR) is 138 cm³/mol. The van der Waals surface area contributed by atoms with Gasteiger partial charge in [0.15, 0.2) is 11.2 Å². The fraction of sp³-hybridized carbons (Fsp3) is 0.320. The normalized spacial score (nSPS) is 11.7. The zero-order chi connectivity index (χ0) is 28.2. The lowest BCUT2D eigenvalue weighted by molar-refractivity contribution is -0.274. The standard InChI is InChI=1S/C25H25ClF3N5O5/c1-30-10-12-37-13-11-33-22(35)20-21(32(2)24(33)36)31-23(34(20)15-16-6-8-17(26)9-7-16)38-18-4-3-5-19(14-18)39-25(27,28)29/h3-9,14,30H,10-13,15H2,1-2H3. The van der Waals surface area contributed by atoms with Crippen molar-refractivity contribution in [2.24, 2.45) is 7.05 Å². The lowest BCUT2D eigenvalue weighted by Crippen LogP contribution is -2.40. The Hall–Kier alpha value is -3.81. The average Bonchev–Trinajstić information content (AvgIpc) is 3.22. The van der Waals surface area contributed by atoms with Crippen LogP contribution in [0.1, 0.15) is 5.56 Å². The van der Waals surface area contributed by atoms with Crippen molar-refractivity contribution in [2.45, 2.75) is 19.5 Å². The molecule has 0 atom stereocenters. The van der Waals surface area contributed by atoms with E-state index >= 15 is 0 Å². The monoisotopic (exact) mass is 567 g/mol. The molecule has 208 valence electrons. The summed E-state index contributed by atoms with van der Waals surface area (Å²) in [4.78, 5) is 30.9. The molecular formula is C25H25ClF3N5O5. The molecule has 0 radical (unpaired) electrons. The van der Waals surface area contributed by atoms with Gasteiger partial charge in [0.25, 0.3) is 5.56 Å². The molecule has 0 spiro atoms. The molecule has 4 rings (SSSR count). The number of alkyl halides is 3. The summed E-state index contributed by atoms with van der Waals surface area (Å²) >= 11 is 6.01. The lowest BCUT2D eigenvalue weighted by atomic mass is 10.2. The Balaban J connectivity index is 1.79. The molecule has 2 aromatic heterocycles. The van der Waals surface area contributed by atoms with Crippen LogP contribution in [0.3, 0.4) is 0 Å². The van der Waals surface area contributed by atoms with E-state index in [-0.39, 0.29) is 42.6 Å². The molecule has 0 bridgehead atoms. The number of aryl methyl sites for hydroxylation is 1. The molecule has 39 heavy (non-hydrogen) atoms. The number of fused-ring (bicyclic) bond motifs is 1. The molecule has 10 nitrogen and oxygen atoms in total. The third-order valence-corrected chi connectivity index (χ3v) is 5.91. The van der Waals surface area contributed by atoms with Crippen LogP contribution >= 0.6 is 11.6 Å². The van der Waals surface area contributed by atoms with Gasteiger partial charge in [0, 0.05) is 24.7 Å². The summed E-state index contributed by atoms with van der Waals surface area (Å²) in [7, 11) is 3.24. The number of benzene rings is 2. The smallest absolute Gasteiger partial charge is 0.425 e. The number of hydrogen-bond donors (Lipinski definition) is 1. The van der Waals surface area contributed by atoms with Gasteiger partial charge < -0.3 is 19.5 Å². The maximum absolute atomic E-state index is 13.6. The molecule has 4 aromatic rings. The van der Waals surface area contributed by atoms with Gasteiger partial charge in [0.05, 0.1) is 26.3 Å². The van der Waals surface area contributed by atoms with E-state index in [4.69, 9.17) is 21.1 Å². The maximum atomic E-state index is 13.6. The summed E-state index contributed by atoms with van der Waals surface area (Å²) in [6.45, 7) is 1.23. The van der Waals surface area contributed by atoms with Crippen molar-refractivity contribution in [2.75, 3.05) is 26.8 Å². The molecular weight excluding hydrogens is 543 g/mol. The van der Waals surface area contributed by atoms with E-state index in [1.54, 1.807) is 31.3 Å². The molecule has 0 aliphatic heterocycles. The highest BCUT2D eigenvalue weighted by atomic mass is 35.5. The number of imidazole rings is 1. The van der Waals surface area contributed by atoms with Gasteiger partial charge in [-0.3, -0.25) is 18.5 Å². The summed E-state index contributed by atoms with van der Waals surface area (Å²) in [5, 5.41) is 3.45. The Bertz CT molecular complexity index is 1560. The van der Waals surface area contributed by atoms with Gasteiger partial charge >= 0.3 is 18.1 Å². The van der Waals surface area contributed by atoms with Crippen molar-refractivity contribution in [3.8, 4) is 17.5 Å². The predicted octanol–water partition coefficient (Wildman–Crippen LogP) is 3.53. The van der Waals surface area contributed by atoms with Crippen LogP contribution in [0.5, 0.6) is 17.5 Å². The highest BCUT2D eigenvalue weighted by Gasteiger charge is 2.31. The van der Waals surface area contributed by atoms with Gasteiger partial charge in [-0.15, -0.1) is 13.2 Å². The zero-order valence-electron chi connectivity index (χ0n) is 21.0. The highest BCUT2D eigenvalue weighted by molar-refractivity contribution is 6.30. The van der Waals surface area contributed by atoms with E-state index in [2.05, 4.69) is 15.0 Å². The number of ether oxygens (including phenoxy) is 3. The van der Waals surface area contributed by atoms with Crippen molar-refractivity contribution in [1.82, 2.24) is 24.0 Å². The fourth-order valence-corrected chi connectivity index (χ4v) is 3.94. The lowest BCUT2D eigenvalue weighted by Gasteiger charge is -2.13. The van der Waals surface area contributed by atoms with Gasteiger partial charge in [0.1, 0.15) is 11.5 Å². The van der Waals surface area contributed by atoms with E-state index in [1.165, 1.54) is 28.3 Å². The fourth-order valence-electron chi connectivity index (χ4n) is 3.82. The Labute approximate surface area is 225 Å². The molecule has 0 aliphatic rings. The van der Waals surface area contributed by atoms with Gasteiger partial charge in [-0.1, -0.05) is 29.8 Å². The van der Waals surface area contributed by atoms with Gasteiger partial charge in [0.2, 0.25) is 0 Å². The average molecular weight is 568 g/mol. The van der Waals surface area contributed by atoms with Crippen LogP contribution in [0.25, 0.3) is 11.2 Å². The Kier molecular flexibility index (Phi) is 8.63. The van der Waals surface area contributed by atoms with Crippen LogP contribution in [0.2, 0.25) is 5.02 Å². The van der Waals surface area contributed by atoms with E-state index in [9.17, 15) is 22.8 Å². The van der Waals surface area contributed by atoms with Crippen molar-refractivity contribution in [3.63, 3.8) is 0 Å². The second kappa shape index (κ2) is 11.9. The first kappa shape index (κ1) is 28.2. The third-order valence-electron chi connectivity index (χ3n) is 5.66. The second-order valence-electron chi connectivity index (χ2n) is 8.42. The van der Waals surface area contributed by atoms with E-state index < -0.39 is 23.4 Å². The first-order valence-electron chi connectivity index (χ1n) is 11.8. The number of nitrogens with one attached hydrogen (secondary N) is 1. The zero-order valence-corrected chi connectivity index (χ0v) is 21.8. The quantitative estimate of drug-likeness (QED) is 0.277. The topological polar surface area (TPSA) is 102 Å². The number of halogens is 4. The summed E-state index contributed by atoms with van der Waals surface area (Å²) in [6, 6.07) is 11.6. The third kappa shape index (κ3) is 6.80. The van der Waals surface area contributed by atoms with Crippen LogP contribution in [0, 0.1) is 0 Å². The van der Waals surface area contributed by atoms with Crippen LogP contribution in [0.4, 0.5) is 13.2 Å². The van der Waals surface area contributed by atoms with Gasteiger partial charge in [-0.2, -0.15) is 4.98 Å². The molecule has 1 N–H and O–H groups in total. The number of likely N-dealkylation sites (N-methyl/N-ethyl adjacent to an activating group) is 1. The molecule has 0 unspecified atom stereocenters. The van der Waals surface area contributed by atoms with Crippen molar-refractivity contribution in [1.29, 1.82) is 0 Å². The van der Waals surface area contributed by atoms with Crippen LogP contribution < -0.4 is 26.0 Å². The highest BCUT2D eigenvalue weighted by Crippen LogP contribution is 2.30. The number of hydrogen-bond acceptors (Lipinski definition) is 7.